The summed E-state index contributed by atoms with van der Waals surface area (Å²) in [6.45, 7) is 4.54. The maximum atomic E-state index is 11.8. The van der Waals surface area contributed by atoms with E-state index in [4.69, 9.17) is 0 Å². The third-order valence-electron chi connectivity index (χ3n) is 4.32. The Morgan fingerprint density at radius 1 is 1.27 bits per heavy atom. The van der Waals surface area contributed by atoms with Gasteiger partial charge >= 0.3 is 0 Å². The summed E-state index contributed by atoms with van der Waals surface area (Å²) < 4.78 is 1.96. The minimum atomic E-state index is 0.200. The van der Waals surface area contributed by atoms with Crippen LogP contribution in [0.5, 0.6) is 0 Å². The molecule has 0 bridgehead atoms. The number of hydrogen-bond donors (Lipinski definition) is 0. The molecule has 0 N–H and O–H groups in total. The van der Waals surface area contributed by atoms with Gasteiger partial charge in [0.15, 0.2) is 0 Å². The van der Waals surface area contributed by atoms with E-state index in [1.165, 1.54) is 0 Å². The number of rotatable bonds is 3. The summed E-state index contributed by atoms with van der Waals surface area (Å²) in [4.78, 5) is 24.2. The molecule has 2 aliphatic heterocycles. The highest BCUT2D eigenvalue weighted by Gasteiger charge is 2.31. The van der Waals surface area contributed by atoms with Gasteiger partial charge in [-0.3, -0.25) is 9.48 Å². The van der Waals surface area contributed by atoms with Crippen LogP contribution in [0, 0.1) is 6.92 Å². The number of nitrogens with zero attached hydrogens (tertiary/aromatic N) is 6. The van der Waals surface area contributed by atoms with Crippen LogP contribution in [-0.4, -0.2) is 45.3 Å². The van der Waals surface area contributed by atoms with Gasteiger partial charge in [-0.2, -0.15) is 5.10 Å². The molecule has 0 aliphatic carbocycles. The summed E-state index contributed by atoms with van der Waals surface area (Å²) in [6, 6.07) is 2.33. The van der Waals surface area contributed by atoms with Crippen LogP contribution in [0.2, 0.25) is 0 Å². The van der Waals surface area contributed by atoms with Crippen molar-refractivity contribution in [1.82, 2.24) is 19.7 Å². The molecule has 1 amide bonds. The van der Waals surface area contributed by atoms with Crippen molar-refractivity contribution in [2.24, 2.45) is 0 Å². The first kappa shape index (κ1) is 13.2. The van der Waals surface area contributed by atoms with Gasteiger partial charge in [-0.15, -0.1) is 0 Å². The molecule has 7 heteroatoms. The number of carbonyl (C=O) groups is 1. The Balaban J connectivity index is 1.43. The van der Waals surface area contributed by atoms with E-state index >= 15 is 0 Å². The zero-order valence-corrected chi connectivity index (χ0v) is 12.5. The van der Waals surface area contributed by atoms with E-state index < -0.39 is 0 Å². The van der Waals surface area contributed by atoms with Crippen LogP contribution in [0.15, 0.2) is 24.8 Å². The fourth-order valence-corrected chi connectivity index (χ4v) is 3.01. The van der Waals surface area contributed by atoms with Gasteiger partial charge in [0, 0.05) is 44.0 Å². The Kier molecular flexibility index (Phi) is 3.06. The Bertz CT molecular complexity index is 706. The molecule has 2 fully saturated rings. The highest BCUT2D eigenvalue weighted by molar-refractivity contribution is 5.95. The fraction of sp³-hybridized carbons (Fsp3) is 0.467. The third-order valence-corrected chi connectivity index (χ3v) is 4.32. The van der Waals surface area contributed by atoms with Crippen LogP contribution in [0.4, 0.5) is 11.5 Å². The Morgan fingerprint density at radius 3 is 2.86 bits per heavy atom. The monoisotopic (exact) mass is 298 g/mol. The fourth-order valence-electron chi connectivity index (χ4n) is 3.01. The lowest BCUT2D eigenvalue weighted by molar-refractivity contribution is -0.117. The first-order valence-electron chi connectivity index (χ1n) is 7.59. The highest BCUT2D eigenvalue weighted by Crippen LogP contribution is 2.28. The number of carbonyl (C=O) groups excluding carboxylic acids is 1. The average Bonchev–Trinajstić information content (AvgIpc) is 3.06. The molecule has 4 heterocycles. The largest absolute Gasteiger partial charge is 0.352 e. The molecular weight excluding hydrogens is 280 g/mol. The van der Waals surface area contributed by atoms with Gasteiger partial charge in [0.25, 0.3) is 0 Å². The van der Waals surface area contributed by atoms with Crippen molar-refractivity contribution in [1.29, 1.82) is 0 Å². The van der Waals surface area contributed by atoms with E-state index in [0.29, 0.717) is 12.5 Å². The van der Waals surface area contributed by atoms with Crippen molar-refractivity contribution >= 4 is 17.4 Å². The second kappa shape index (κ2) is 5.08. The van der Waals surface area contributed by atoms with Crippen LogP contribution < -0.4 is 9.80 Å². The van der Waals surface area contributed by atoms with Gasteiger partial charge in [0.05, 0.1) is 17.9 Å². The van der Waals surface area contributed by atoms with E-state index in [1.807, 2.05) is 28.8 Å². The summed E-state index contributed by atoms with van der Waals surface area (Å²) in [5, 5.41) is 4.43. The van der Waals surface area contributed by atoms with Gasteiger partial charge in [-0.25, -0.2) is 9.97 Å². The second-order valence-electron chi connectivity index (χ2n) is 5.90. The molecule has 7 nitrogen and oxygen atoms in total. The molecule has 0 spiro atoms. The lowest BCUT2D eigenvalue weighted by atomic mass is 10.1. The first-order chi connectivity index (χ1) is 10.7. The van der Waals surface area contributed by atoms with Crippen LogP contribution >= 0.6 is 0 Å². The molecule has 0 saturated carbocycles. The molecule has 2 aromatic heterocycles. The van der Waals surface area contributed by atoms with Gasteiger partial charge < -0.3 is 9.80 Å². The molecule has 22 heavy (non-hydrogen) atoms. The summed E-state index contributed by atoms with van der Waals surface area (Å²) in [5.74, 6) is 1.16. The van der Waals surface area contributed by atoms with Gasteiger partial charge in [0.1, 0.15) is 12.1 Å². The zero-order chi connectivity index (χ0) is 15.1. The quantitative estimate of drug-likeness (QED) is 0.851. The molecule has 2 saturated heterocycles. The third kappa shape index (κ3) is 2.22. The number of hydrogen-bond acceptors (Lipinski definition) is 5. The van der Waals surface area contributed by atoms with Crippen LogP contribution in [0.3, 0.4) is 0 Å². The lowest BCUT2D eigenvalue weighted by Crippen LogP contribution is -2.48. The van der Waals surface area contributed by atoms with Gasteiger partial charge in [-0.05, 0) is 13.3 Å². The van der Waals surface area contributed by atoms with Gasteiger partial charge in [0.2, 0.25) is 5.91 Å². The molecule has 0 radical (unpaired) electrons. The molecule has 4 rings (SSSR count). The van der Waals surface area contributed by atoms with Gasteiger partial charge in [-0.1, -0.05) is 0 Å². The number of aromatic nitrogens is 4. The van der Waals surface area contributed by atoms with E-state index in [-0.39, 0.29) is 5.91 Å². The molecular formula is C15H18N6O. The van der Waals surface area contributed by atoms with E-state index in [0.717, 1.165) is 43.3 Å². The molecule has 2 aromatic rings. The highest BCUT2D eigenvalue weighted by atomic mass is 16.2. The van der Waals surface area contributed by atoms with Crippen molar-refractivity contribution in [2.75, 3.05) is 29.4 Å². The van der Waals surface area contributed by atoms with Crippen LogP contribution in [-0.2, 0) is 4.79 Å². The standard InChI is InChI=1S/C15H18N6O/c1-11-5-14(17-10-16-11)19-7-13(8-19)21-9-12(6-18-21)20-4-2-3-15(20)22/h5-6,9-10,13H,2-4,7-8H2,1H3. The van der Waals surface area contributed by atoms with Crippen molar-refractivity contribution in [3.05, 3.63) is 30.5 Å². The van der Waals surface area contributed by atoms with E-state index in [1.54, 1.807) is 12.5 Å². The molecule has 2 aliphatic rings. The van der Waals surface area contributed by atoms with Crippen LogP contribution in [0.25, 0.3) is 0 Å². The smallest absolute Gasteiger partial charge is 0.227 e. The number of aryl methyl sites for hydroxylation is 1. The lowest BCUT2D eigenvalue weighted by Gasteiger charge is -2.40. The SMILES string of the molecule is Cc1cc(N2CC(n3cc(N4CCCC4=O)cn3)C2)ncn1. The second-order valence-corrected chi connectivity index (χ2v) is 5.90. The number of amides is 1. The molecule has 0 aromatic carbocycles. The zero-order valence-electron chi connectivity index (χ0n) is 12.5. The van der Waals surface area contributed by atoms with Crippen molar-refractivity contribution in [3.63, 3.8) is 0 Å². The minimum absolute atomic E-state index is 0.200. The maximum Gasteiger partial charge on any atom is 0.227 e. The van der Waals surface area contributed by atoms with Crippen molar-refractivity contribution in [2.45, 2.75) is 25.8 Å². The van der Waals surface area contributed by atoms with Crippen molar-refractivity contribution in [3.8, 4) is 0 Å². The molecule has 0 unspecified atom stereocenters. The molecule has 0 atom stereocenters. The van der Waals surface area contributed by atoms with Crippen molar-refractivity contribution < 1.29 is 4.79 Å². The van der Waals surface area contributed by atoms with E-state index in [9.17, 15) is 4.79 Å². The maximum absolute atomic E-state index is 11.8. The summed E-state index contributed by atoms with van der Waals surface area (Å²) >= 11 is 0. The Hall–Kier alpha value is -2.44. The molecule has 114 valence electrons. The van der Waals surface area contributed by atoms with E-state index in [2.05, 4.69) is 20.0 Å². The Labute approximate surface area is 128 Å². The minimum Gasteiger partial charge on any atom is -0.352 e. The topological polar surface area (TPSA) is 67.2 Å². The predicted molar refractivity (Wildman–Crippen MR) is 81.8 cm³/mol. The summed E-state index contributed by atoms with van der Waals surface area (Å²) in [7, 11) is 0. The number of anilines is 2. The normalized spacial score (nSPS) is 18.9. The summed E-state index contributed by atoms with van der Waals surface area (Å²) in [6.07, 6.45) is 6.96. The summed E-state index contributed by atoms with van der Waals surface area (Å²) in [5.41, 5.74) is 1.89. The first-order valence-corrected chi connectivity index (χ1v) is 7.59. The average molecular weight is 298 g/mol. The Morgan fingerprint density at radius 2 is 2.14 bits per heavy atom. The predicted octanol–water partition coefficient (Wildman–Crippen LogP) is 1.17. The van der Waals surface area contributed by atoms with Crippen LogP contribution in [0.1, 0.15) is 24.6 Å².